The van der Waals surface area contributed by atoms with E-state index in [1.807, 2.05) is 25.7 Å². The van der Waals surface area contributed by atoms with Gasteiger partial charge in [0.05, 0.1) is 0 Å². The lowest BCUT2D eigenvalue weighted by atomic mass is 10.1. The third-order valence-electron chi connectivity index (χ3n) is 4.31. The molecule has 122 valence electrons. The van der Waals surface area contributed by atoms with Crippen LogP contribution in [0, 0.1) is 0 Å². The second kappa shape index (κ2) is 6.97. The summed E-state index contributed by atoms with van der Waals surface area (Å²) in [4.78, 5) is 16.5. The van der Waals surface area contributed by atoms with Crippen molar-refractivity contribution in [3.63, 3.8) is 0 Å². The minimum atomic E-state index is -0.406. The Labute approximate surface area is 129 Å². The number of rotatable bonds is 4. The molecule has 1 amide bonds. The van der Waals surface area contributed by atoms with Crippen LogP contribution in [0.3, 0.4) is 0 Å². The zero-order valence-electron chi connectivity index (χ0n) is 14.0. The molecule has 2 rings (SSSR count). The first-order valence-corrected chi connectivity index (χ1v) is 8.27. The van der Waals surface area contributed by atoms with Crippen molar-refractivity contribution in [1.29, 1.82) is 0 Å². The molecule has 2 atom stereocenters. The lowest BCUT2D eigenvalue weighted by molar-refractivity contribution is 0.0220. The molecule has 0 bridgehead atoms. The van der Waals surface area contributed by atoms with Gasteiger partial charge in [-0.05, 0) is 66.6 Å². The third-order valence-corrected chi connectivity index (χ3v) is 4.31. The summed E-state index contributed by atoms with van der Waals surface area (Å²) in [5.74, 6) is 0. The van der Waals surface area contributed by atoms with Crippen LogP contribution in [-0.4, -0.2) is 66.8 Å². The summed E-state index contributed by atoms with van der Waals surface area (Å²) in [6, 6.07) is 0.956. The maximum Gasteiger partial charge on any atom is 0.410 e. The number of hydrogen-bond donors (Lipinski definition) is 1. The quantitative estimate of drug-likeness (QED) is 0.863. The second-order valence-corrected chi connectivity index (χ2v) is 7.46. The van der Waals surface area contributed by atoms with Gasteiger partial charge >= 0.3 is 6.09 Å². The molecule has 2 unspecified atom stereocenters. The van der Waals surface area contributed by atoms with Crippen molar-refractivity contribution in [2.75, 3.05) is 33.2 Å². The molecule has 0 aromatic rings. The van der Waals surface area contributed by atoms with Crippen LogP contribution in [0.5, 0.6) is 0 Å². The Kier molecular flexibility index (Phi) is 5.49. The molecule has 0 aromatic heterocycles. The first-order chi connectivity index (χ1) is 9.85. The molecule has 2 aliphatic heterocycles. The zero-order chi connectivity index (χ0) is 15.5. The van der Waals surface area contributed by atoms with Crippen LogP contribution >= 0.6 is 0 Å². The molecule has 2 heterocycles. The minimum Gasteiger partial charge on any atom is -0.444 e. The van der Waals surface area contributed by atoms with Crippen molar-refractivity contribution in [3.05, 3.63) is 0 Å². The summed E-state index contributed by atoms with van der Waals surface area (Å²) in [6.45, 7) is 9.93. The van der Waals surface area contributed by atoms with Gasteiger partial charge in [0.1, 0.15) is 5.60 Å². The standard InChI is InChI=1S/C16H31N3O2/c1-16(2,3)21-15(20)19-10-5-6-14(19)7-9-17-13-8-11-18(4)12-13/h13-14,17H,5-12H2,1-4H3. The highest BCUT2D eigenvalue weighted by molar-refractivity contribution is 5.68. The molecule has 1 N–H and O–H groups in total. The van der Waals surface area contributed by atoms with Crippen LogP contribution in [0.2, 0.25) is 0 Å². The van der Waals surface area contributed by atoms with E-state index in [1.165, 1.54) is 13.0 Å². The summed E-state index contributed by atoms with van der Waals surface area (Å²) < 4.78 is 5.51. The Morgan fingerprint density at radius 2 is 2.05 bits per heavy atom. The van der Waals surface area contributed by atoms with Crippen LogP contribution in [-0.2, 0) is 4.74 Å². The number of hydrogen-bond acceptors (Lipinski definition) is 4. The Hall–Kier alpha value is -0.810. The smallest absolute Gasteiger partial charge is 0.410 e. The van der Waals surface area contributed by atoms with Gasteiger partial charge in [0, 0.05) is 25.2 Å². The molecular formula is C16H31N3O2. The van der Waals surface area contributed by atoms with Crippen LogP contribution in [0.1, 0.15) is 46.5 Å². The topological polar surface area (TPSA) is 44.8 Å². The summed E-state index contributed by atoms with van der Waals surface area (Å²) in [6.07, 6.45) is 4.31. The van der Waals surface area contributed by atoms with Gasteiger partial charge < -0.3 is 19.9 Å². The number of carbonyl (C=O) groups excluding carboxylic acids is 1. The number of nitrogens with one attached hydrogen (secondary N) is 1. The summed E-state index contributed by atoms with van der Waals surface area (Å²) in [5, 5.41) is 3.63. The van der Waals surface area contributed by atoms with E-state index in [1.54, 1.807) is 0 Å². The first-order valence-electron chi connectivity index (χ1n) is 8.27. The zero-order valence-corrected chi connectivity index (χ0v) is 14.0. The van der Waals surface area contributed by atoms with Gasteiger partial charge in [-0.25, -0.2) is 4.79 Å². The van der Waals surface area contributed by atoms with Crippen molar-refractivity contribution in [2.45, 2.75) is 64.1 Å². The van der Waals surface area contributed by atoms with Gasteiger partial charge in [-0.3, -0.25) is 0 Å². The van der Waals surface area contributed by atoms with Crippen molar-refractivity contribution in [2.24, 2.45) is 0 Å². The van der Waals surface area contributed by atoms with Gasteiger partial charge in [0.15, 0.2) is 0 Å². The van der Waals surface area contributed by atoms with Gasteiger partial charge in [-0.1, -0.05) is 0 Å². The largest absolute Gasteiger partial charge is 0.444 e. The van der Waals surface area contributed by atoms with Crippen molar-refractivity contribution < 1.29 is 9.53 Å². The molecule has 5 heteroatoms. The van der Waals surface area contributed by atoms with E-state index in [0.717, 1.165) is 38.9 Å². The summed E-state index contributed by atoms with van der Waals surface area (Å²) >= 11 is 0. The molecule has 0 aromatic carbocycles. The van der Waals surface area contributed by atoms with Crippen LogP contribution < -0.4 is 5.32 Å². The van der Waals surface area contributed by atoms with E-state index in [-0.39, 0.29) is 6.09 Å². The number of nitrogens with zero attached hydrogens (tertiary/aromatic N) is 2. The molecule has 0 radical (unpaired) electrons. The molecule has 21 heavy (non-hydrogen) atoms. The Morgan fingerprint density at radius 1 is 1.29 bits per heavy atom. The Balaban J connectivity index is 1.73. The fraction of sp³-hybridized carbons (Fsp3) is 0.938. The molecule has 2 aliphatic rings. The van der Waals surface area contributed by atoms with E-state index in [9.17, 15) is 4.79 Å². The molecular weight excluding hydrogens is 266 g/mol. The van der Waals surface area contributed by atoms with Gasteiger partial charge in [0.2, 0.25) is 0 Å². The van der Waals surface area contributed by atoms with Crippen molar-refractivity contribution >= 4 is 6.09 Å². The first kappa shape index (κ1) is 16.6. The molecule has 2 fully saturated rings. The predicted molar refractivity (Wildman–Crippen MR) is 84.5 cm³/mol. The fourth-order valence-electron chi connectivity index (χ4n) is 3.25. The number of likely N-dealkylation sites (N-methyl/N-ethyl adjacent to an activating group) is 1. The Bertz CT molecular complexity index is 354. The van der Waals surface area contributed by atoms with E-state index in [2.05, 4.69) is 17.3 Å². The maximum absolute atomic E-state index is 12.2. The van der Waals surface area contributed by atoms with E-state index in [0.29, 0.717) is 12.1 Å². The Morgan fingerprint density at radius 3 is 2.67 bits per heavy atom. The lowest BCUT2D eigenvalue weighted by Crippen LogP contribution is -2.41. The highest BCUT2D eigenvalue weighted by Crippen LogP contribution is 2.22. The average molecular weight is 297 g/mol. The van der Waals surface area contributed by atoms with Crippen molar-refractivity contribution in [3.8, 4) is 0 Å². The number of likely N-dealkylation sites (tertiary alicyclic amines) is 2. The summed E-state index contributed by atoms with van der Waals surface area (Å²) in [5.41, 5.74) is -0.406. The summed E-state index contributed by atoms with van der Waals surface area (Å²) in [7, 11) is 2.17. The van der Waals surface area contributed by atoms with E-state index in [4.69, 9.17) is 4.74 Å². The molecule has 0 saturated carbocycles. The second-order valence-electron chi connectivity index (χ2n) is 7.46. The normalized spacial score (nSPS) is 27.3. The number of ether oxygens (including phenoxy) is 1. The SMILES string of the molecule is CN1CCC(NCCC2CCCN2C(=O)OC(C)(C)C)C1. The van der Waals surface area contributed by atoms with Gasteiger partial charge in [-0.2, -0.15) is 0 Å². The van der Waals surface area contributed by atoms with E-state index >= 15 is 0 Å². The maximum atomic E-state index is 12.2. The van der Waals surface area contributed by atoms with E-state index < -0.39 is 5.60 Å². The highest BCUT2D eigenvalue weighted by Gasteiger charge is 2.32. The molecule has 0 spiro atoms. The number of amides is 1. The molecule has 5 nitrogen and oxygen atoms in total. The molecule has 2 saturated heterocycles. The average Bonchev–Trinajstić information content (AvgIpc) is 2.96. The van der Waals surface area contributed by atoms with Gasteiger partial charge in [-0.15, -0.1) is 0 Å². The monoisotopic (exact) mass is 297 g/mol. The lowest BCUT2D eigenvalue weighted by Gasteiger charge is -2.29. The predicted octanol–water partition coefficient (Wildman–Crippen LogP) is 2.07. The highest BCUT2D eigenvalue weighted by atomic mass is 16.6. The van der Waals surface area contributed by atoms with Crippen LogP contribution in [0.15, 0.2) is 0 Å². The fourth-order valence-corrected chi connectivity index (χ4v) is 3.25. The minimum absolute atomic E-state index is 0.148. The number of carbonyl (C=O) groups is 1. The van der Waals surface area contributed by atoms with Crippen molar-refractivity contribution in [1.82, 2.24) is 15.1 Å². The molecule has 0 aliphatic carbocycles. The van der Waals surface area contributed by atoms with Crippen LogP contribution in [0.4, 0.5) is 4.79 Å². The third kappa shape index (κ3) is 5.15. The van der Waals surface area contributed by atoms with Crippen LogP contribution in [0.25, 0.3) is 0 Å². The van der Waals surface area contributed by atoms with Gasteiger partial charge in [0.25, 0.3) is 0 Å².